The number of hydrogen-bond donors (Lipinski definition) is 1. The summed E-state index contributed by atoms with van der Waals surface area (Å²) >= 11 is 5.91. The van der Waals surface area contributed by atoms with Gasteiger partial charge in [-0.2, -0.15) is 0 Å². The molecule has 2 heterocycles. The monoisotopic (exact) mass is 372 g/mol. The minimum Gasteiger partial charge on any atom is -0.354 e. The maximum absolute atomic E-state index is 12.8. The van der Waals surface area contributed by atoms with Gasteiger partial charge in [0, 0.05) is 30.4 Å². The van der Waals surface area contributed by atoms with Crippen molar-refractivity contribution in [1.29, 1.82) is 0 Å². The normalized spacial score (nSPS) is 14.8. The Morgan fingerprint density at radius 3 is 2.50 bits per heavy atom. The molecule has 0 atom stereocenters. The second kappa shape index (κ2) is 8.99. The van der Waals surface area contributed by atoms with Crippen LogP contribution in [0.1, 0.15) is 47.4 Å². The van der Waals surface area contributed by atoms with Gasteiger partial charge >= 0.3 is 0 Å². The first kappa shape index (κ1) is 18.6. The number of nitrogens with zero attached hydrogens (tertiary/aromatic N) is 3. The van der Waals surface area contributed by atoms with E-state index in [-0.39, 0.29) is 5.91 Å². The number of nitrogens with one attached hydrogen (secondary N) is 1. The van der Waals surface area contributed by atoms with Gasteiger partial charge in [0.1, 0.15) is 5.69 Å². The first-order valence-electron chi connectivity index (χ1n) is 9.25. The Hall–Kier alpha value is -2.14. The topological polar surface area (TPSA) is 58.1 Å². The number of hydrogen-bond acceptors (Lipinski definition) is 4. The second-order valence-corrected chi connectivity index (χ2v) is 7.16. The number of aromatic nitrogens is 2. The Morgan fingerprint density at radius 2 is 1.81 bits per heavy atom. The molecule has 0 spiro atoms. The summed E-state index contributed by atoms with van der Waals surface area (Å²) in [4.78, 5) is 23.6. The van der Waals surface area contributed by atoms with Gasteiger partial charge in [0.05, 0.1) is 0 Å². The van der Waals surface area contributed by atoms with Crippen molar-refractivity contribution in [3.8, 4) is 0 Å². The fourth-order valence-corrected chi connectivity index (χ4v) is 3.29. The highest BCUT2D eigenvalue weighted by Crippen LogP contribution is 2.14. The van der Waals surface area contributed by atoms with Crippen LogP contribution in [0.2, 0.25) is 5.02 Å². The molecule has 1 aromatic heterocycles. The van der Waals surface area contributed by atoms with Gasteiger partial charge < -0.3 is 10.2 Å². The van der Waals surface area contributed by atoms with Gasteiger partial charge in [-0.15, -0.1) is 0 Å². The van der Waals surface area contributed by atoms with Crippen molar-refractivity contribution < 1.29 is 4.79 Å². The highest BCUT2D eigenvalue weighted by atomic mass is 35.5. The molecule has 1 fully saturated rings. The van der Waals surface area contributed by atoms with E-state index in [9.17, 15) is 4.79 Å². The average molecular weight is 373 g/mol. The molecule has 0 radical (unpaired) electrons. The lowest BCUT2D eigenvalue weighted by Gasteiger charge is -2.20. The molecule has 0 unspecified atom stereocenters. The van der Waals surface area contributed by atoms with Crippen molar-refractivity contribution in [3.05, 3.63) is 52.3 Å². The van der Waals surface area contributed by atoms with Gasteiger partial charge in [-0.3, -0.25) is 4.79 Å². The first-order chi connectivity index (χ1) is 12.6. The third-order valence-electron chi connectivity index (χ3n) is 4.58. The Kier molecular flexibility index (Phi) is 6.45. The number of amides is 1. The highest BCUT2D eigenvalue weighted by molar-refractivity contribution is 6.30. The van der Waals surface area contributed by atoms with E-state index in [1.807, 2.05) is 36.1 Å². The lowest BCUT2D eigenvalue weighted by Crippen LogP contribution is -2.32. The predicted molar refractivity (Wildman–Crippen MR) is 105 cm³/mol. The van der Waals surface area contributed by atoms with Gasteiger partial charge in [-0.05, 0) is 49.9 Å². The van der Waals surface area contributed by atoms with Gasteiger partial charge in [0.2, 0.25) is 5.95 Å². The summed E-state index contributed by atoms with van der Waals surface area (Å²) in [5.74, 6) is 0.523. The fraction of sp³-hybridized carbons (Fsp3) is 0.450. The summed E-state index contributed by atoms with van der Waals surface area (Å²) in [7, 11) is 0. The molecule has 6 heteroatoms. The first-order valence-corrected chi connectivity index (χ1v) is 9.63. The Balaban J connectivity index is 1.63. The zero-order valence-corrected chi connectivity index (χ0v) is 15.9. The molecule has 2 aromatic rings. The Labute approximate surface area is 159 Å². The van der Waals surface area contributed by atoms with Gasteiger partial charge in [-0.25, -0.2) is 9.97 Å². The molecule has 1 aliphatic heterocycles. The molecule has 1 N–H and O–H groups in total. The van der Waals surface area contributed by atoms with Crippen LogP contribution in [0.4, 0.5) is 5.95 Å². The van der Waals surface area contributed by atoms with Crippen LogP contribution in [-0.4, -0.2) is 40.4 Å². The molecule has 1 saturated heterocycles. The zero-order valence-electron chi connectivity index (χ0n) is 15.2. The van der Waals surface area contributed by atoms with Crippen molar-refractivity contribution in [2.75, 3.05) is 25.0 Å². The number of carbonyl (C=O) groups excluding carboxylic acids is 1. The summed E-state index contributed by atoms with van der Waals surface area (Å²) < 4.78 is 0. The zero-order chi connectivity index (χ0) is 18.4. The number of benzene rings is 1. The van der Waals surface area contributed by atoms with E-state index in [4.69, 9.17) is 11.6 Å². The van der Waals surface area contributed by atoms with Crippen molar-refractivity contribution in [2.45, 2.75) is 39.0 Å². The third kappa shape index (κ3) is 5.18. The third-order valence-corrected chi connectivity index (χ3v) is 4.83. The highest BCUT2D eigenvalue weighted by Gasteiger charge is 2.19. The molecule has 0 saturated carbocycles. The van der Waals surface area contributed by atoms with Crippen LogP contribution in [0, 0.1) is 6.92 Å². The van der Waals surface area contributed by atoms with E-state index >= 15 is 0 Å². The smallest absolute Gasteiger partial charge is 0.272 e. The molecule has 5 nitrogen and oxygen atoms in total. The summed E-state index contributed by atoms with van der Waals surface area (Å²) in [5.41, 5.74) is 2.47. The molecule has 1 aliphatic rings. The fourth-order valence-electron chi connectivity index (χ4n) is 3.16. The maximum atomic E-state index is 12.8. The molecule has 26 heavy (non-hydrogen) atoms. The van der Waals surface area contributed by atoms with Crippen molar-refractivity contribution in [1.82, 2.24) is 14.9 Å². The Bertz CT molecular complexity index is 740. The van der Waals surface area contributed by atoms with E-state index in [1.54, 1.807) is 6.07 Å². The van der Waals surface area contributed by atoms with E-state index in [0.29, 0.717) is 18.2 Å². The molecule has 1 amide bonds. The lowest BCUT2D eigenvalue weighted by molar-refractivity contribution is 0.0755. The number of carbonyl (C=O) groups is 1. The van der Waals surface area contributed by atoms with Crippen molar-refractivity contribution in [2.24, 2.45) is 0 Å². The molecule has 0 aliphatic carbocycles. The van der Waals surface area contributed by atoms with Crippen molar-refractivity contribution in [3.63, 3.8) is 0 Å². The SMILES string of the molecule is Cc1cc(C(=O)N2CCCCCC2)nc(NCCc2ccc(Cl)cc2)n1. The molecule has 0 bridgehead atoms. The lowest BCUT2D eigenvalue weighted by atomic mass is 10.1. The predicted octanol–water partition coefficient (Wildman–Crippen LogP) is 4.11. The standard InChI is InChI=1S/C20H25ClN4O/c1-15-14-18(19(26)25-12-4-2-3-5-13-25)24-20(23-15)22-11-10-16-6-8-17(21)9-7-16/h6-9,14H,2-5,10-13H2,1H3,(H,22,23,24). The van der Waals surface area contributed by atoms with E-state index < -0.39 is 0 Å². The van der Waals surface area contributed by atoms with Gasteiger partial charge in [0.15, 0.2) is 0 Å². The van der Waals surface area contributed by atoms with E-state index in [2.05, 4.69) is 15.3 Å². The van der Waals surface area contributed by atoms with Crippen LogP contribution in [0.5, 0.6) is 0 Å². The summed E-state index contributed by atoms with van der Waals surface area (Å²) in [6, 6.07) is 9.57. The van der Waals surface area contributed by atoms with Crippen molar-refractivity contribution >= 4 is 23.5 Å². The quantitative estimate of drug-likeness (QED) is 0.858. The summed E-state index contributed by atoms with van der Waals surface area (Å²) in [6.07, 6.45) is 5.38. The minimum absolute atomic E-state index is 0.0122. The summed E-state index contributed by atoms with van der Waals surface area (Å²) in [5, 5.41) is 3.97. The average Bonchev–Trinajstić information content (AvgIpc) is 2.92. The number of anilines is 1. The molecule has 138 valence electrons. The van der Waals surface area contributed by atoms with Gasteiger partial charge in [0.25, 0.3) is 5.91 Å². The molecular formula is C20H25ClN4O. The minimum atomic E-state index is 0.0122. The Morgan fingerprint density at radius 1 is 1.12 bits per heavy atom. The molecule has 3 rings (SSSR count). The van der Waals surface area contributed by atoms with Crippen LogP contribution in [0.15, 0.2) is 30.3 Å². The van der Waals surface area contributed by atoms with Gasteiger partial charge in [-0.1, -0.05) is 36.6 Å². The largest absolute Gasteiger partial charge is 0.354 e. The second-order valence-electron chi connectivity index (χ2n) is 6.73. The maximum Gasteiger partial charge on any atom is 0.272 e. The van der Waals surface area contributed by atoms with Crippen LogP contribution < -0.4 is 5.32 Å². The molecular weight excluding hydrogens is 348 g/mol. The van der Waals surface area contributed by atoms with Crippen LogP contribution >= 0.6 is 11.6 Å². The van der Waals surface area contributed by atoms with Crippen LogP contribution in [0.3, 0.4) is 0 Å². The number of likely N-dealkylation sites (tertiary alicyclic amines) is 1. The van der Waals surface area contributed by atoms with E-state index in [0.717, 1.165) is 43.1 Å². The molecule has 1 aromatic carbocycles. The summed E-state index contributed by atoms with van der Waals surface area (Å²) in [6.45, 7) is 4.23. The number of halogens is 1. The number of rotatable bonds is 5. The van der Waals surface area contributed by atoms with Crippen LogP contribution in [-0.2, 0) is 6.42 Å². The number of aryl methyl sites for hydroxylation is 1. The van der Waals surface area contributed by atoms with E-state index in [1.165, 1.54) is 18.4 Å². The van der Waals surface area contributed by atoms with Crippen LogP contribution in [0.25, 0.3) is 0 Å².